The second-order valence-electron chi connectivity index (χ2n) is 3.67. The van der Waals surface area contributed by atoms with Gasteiger partial charge in [0.1, 0.15) is 6.04 Å². The molecule has 7 heteroatoms. The molecule has 15 heavy (non-hydrogen) atoms. The number of likely N-dealkylation sites (N-methyl/N-ethyl adjacent to an activating group) is 1. The van der Waals surface area contributed by atoms with Gasteiger partial charge in [-0.05, 0) is 31.2 Å². The van der Waals surface area contributed by atoms with Gasteiger partial charge >= 0.3 is 5.82 Å². The highest BCUT2D eigenvalue weighted by Crippen LogP contribution is 2.29. The van der Waals surface area contributed by atoms with Gasteiger partial charge in [-0.15, -0.1) is 5.10 Å². The lowest BCUT2D eigenvalue weighted by atomic mass is 10.2. The Hall–Kier alpha value is -1.50. The lowest BCUT2D eigenvalue weighted by Crippen LogP contribution is -2.31. The summed E-state index contributed by atoms with van der Waals surface area (Å²) in [5.41, 5.74) is 0. The number of aromatic nitrogens is 3. The monoisotopic (exact) mass is 211 g/mol. The van der Waals surface area contributed by atoms with E-state index in [0.29, 0.717) is 6.04 Å². The Morgan fingerprint density at radius 1 is 1.67 bits per heavy atom. The summed E-state index contributed by atoms with van der Waals surface area (Å²) in [6, 6.07) is 0.459. The average Bonchev–Trinajstić information content (AvgIpc) is 2.85. The topological polar surface area (TPSA) is 85.9 Å². The third-order valence-corrected chi connectivity index (χ3v) is 2.83. The first-order valence-electron chi connectivity index (χ1n) is 4.96. The highest BCUT2D eigenvalue weighted by molar-refractivity contribution is 5.08. The van der Waals surface area contributed by atoms with E-state index in [4.69, 9.17) is 0 Å². The molecule has 82 valence electrons. The molecular weight excluding hydrogens is 198 g/mol. The quantitative estimate of drug-likeness (QED) is 0.581. The zero-order valence-corrected chi connectivity index (χ0v) is 8.46. The van der Waals surface area contributed by atoms with Crippen molar-refractivity contribution in [3.63, 3.8) is 0 Å². The average molecular weight is 211 g/mol. The summed E-state index contributed by atoms with van der Waals surface area (Å²) in [6.07, 6.45) is 4.34. The van der Waals surface area contributed by atoms with Gasteiger partial charge in [-0.3, -0.25) is 0 Å². The van der Waals surface area contributed by atoms with Crippen molar-refractivity contribution in [2.75, 3.05) is 7.05 Å². The van der Waals surface area contributed by atoms with Gasteiger partial charge in [0.15, 0.2) is 6.20 Å². The van der Waals surface area contributed by atoms with Gasteiger partial charge in [-0.25, -0.2) is 0 Å². The van der Waals surface area contributed by atoms with Crippen molar-refractivity contribution in [3.8, 4) is 0 Å². The van der Waals surface area contributed by atoms with Crippen molar-refractivity contribution in [3.05, 3.63) is 16.3 Å². The minimum absolute atomic E-state index is 0.142. The first-order chi connectivity index (χ1) is 7.22. The Kier molecular flexibility index (Phi) is 2.63. The molecular formula is C8H13N5O2. The summed E-state index contributed by atoms with van der Waals surface area (Å²) in [5, 5.41) is 21.4. The molecule has 1 aliphatic rings. The van der Waals surface area contributed by atoms with Crippen LogP contribution in [0.5, 0.6) is 0 Å². The Balaban J connectivity index is 2.18. The van der Waals surface area contributed by atoms with E-state index in [2.05, 4.69) is 15.5 Å². The van der Waals surface area contributed by atoms with Crippen LogP contribution >= 0.6 is 0 Å². The predicted octanol–water partition coefficient (Wildman–Crippen LogP) is 0.499. The second kappa shape index (κ2) is 3.93. The molecule has 1 aliphatic carbocycles. The first-order valence-corrected chi connectivity index (χ1v) is 4.96. The van der Waals surface area contributed by atoms with Crippen LogP contribution in [-0.2, 0) is 0 Å². The molecule has 0 spiro atoms. The molecule has 1 aromatic heterocycles. The van der Waals surface area contributed by atoms with E-state index in [-0.39, 0.29) is 11.9 Å². The van der Waals surface area contributed by atoms with Crippen molar-refractivity contribution < 1.29 is 4.92 Å². The molecule has 1 saturated carbocycles. The van der Waals surface area contributed by atoms with Crippen LogP contribution < -0.4 is 5.32 Å². The lowest BCUT2D eigenvalue weighted by Gasteiger charge is -2.14. The molecule has 2 atom stereocenters. The molecule has 2 rings (SSSR count). The number of hydrogen-bond donors (Lipinski definition) is 1. The molecule has 1 fully saturated rings. The van der Waals surface area contributed by atoms with E-state index in [0.717, 1.165) is 19.3 Å². The van der Waals surface area contributed by atoms with Crippen molar-refractivity contribution in [2.45, 2.75) is 31.3 Å². The van der Waals surface area contributed by atoms with E-state index in [1.165, 1.54) is 11.0 Å². The maximum atomic E-state index is 10.5. The van der Waals surface area contributed by atoms with Gasteiger partial charge in [0.05, 0.1) is 5.10 Å². The van der Waals surface area contributed by atoms with Crippen LogP contribution in [0.3, 0.4) is 0 Å². The third-order valence-electron chi connectivity index (χ3n) is 2.83. The van der Waals surface area contributed by atoms with E-state index >= 15 is 0 Å². The Morgan fingerprint density at radius 2 is 2.47 bits per heavy atom. The van der Waals surface area contributed by atoms with Crippen LogP contribution in [0.2, 0.25) is 0 Å². The van der Waals surface area contributed by atoms with E-state index < -0.39 is 4.92 Å². The molecule has 0 radical (unpaired) electrons. The summed E-state index contributed by atoms with van der Waals surface area (Å²) < 4.78 is 0. The van der Waals surface area contributed by atoms with Gasteiger partial charge < -0.3 is 15.4 Å². The van der Waals surface area contributed by atoms with Gasteiger partial charge in [0.2, 0.25) is 0 Å². The fourth-order valence-corrected chi connectivity index (χ4v) is 2.06. The molecule has 1 N–H and O–H groups in total. The van der Waals surface area contributed by atoms with Crippen LogP contribution in [-0.4, -0.2) is 33.0 Å². The van der Waals surface area contributed by atoms with Gasteiger partial charge in [-0.2, -0.15) is 0 Å². The fourth-order valence-electron chi connectivity index (χ4n) is 2.06. The Morgan fingerprint density at radius 3 is 3.07 bits per heavy atom. The molecule has 1 aromatic rings. The summed E-state index contributed by atoms with van der Waals surface area (Å²) in [7, 11) is 1.89. The minimum atomic E-state index is -0.521. The highest BCUT2D eigenvalue weighted by Gasteiger charge is 2.32. The smallest absolute Gasteiger partial charge is 0.358 e. The van der Waals surface area contributed by atoms with Crippen LogP contribution in [0.1, 0.15) is 25.3 Å². The van der Waals surface area contributed by atoms with Crippen molar-refractivity contribution in [2.24, 2.45) is 0 Å². The molecule has 0 bridgehead atoms. The van der Waals surface area contributed by atoms with Crippen molar-refractivity contribution in [1.29, 1.82) is 0 Å². The molecule has 7 nitrogen and oxygen atoms in total. The molecule has 0 amide bonds. The lowest BCUT2D eigenvalue weighted by molar-refractivity contribution is -0.389. The SMILES string of the molecule is CNC1CCCC1n1ncc([N+](=O)[O-])n1. The van der Waals surface area contributed by atoms with Crippen LogP contribution in [0, 0.1) is 10.1 Å². The van der Waals surface area contributed by atoms with Gasteiger partial charge in [0, 0.05) is 6.04 Å². The number of nitro groups is 1. The second-order valence-corrected chi connectivity index (χ2v) is 3.67. The molecule has 0 aromatic carbocycles. The maximum absolute atomic E-state index is 10.5. The number of nitrogens with one attached hydrogen (secondary N) is 1. The van der Waals surface area contributed by atoms with Gasteiger partial charge in [0.25, 0.3) is 0 Å². The molecule has 1 heterocycles. The van der Waals surface area contributed by atoms with Crippen LogP contribution in [0.4, 0.5) is 5.82 Å². The molecule has 0 aliphatic heterocycles. The van der Waals surface area contributed by atoms with Gasteiger partial charge in [-0.1, -0.05) is 4.80 Å². The van der Waals surface area contributed by atoms with Crippen molar-refractivity contribution >= 4 is 5.82 Å². The zero-order chi connectivity index (χ0) is 10.8. The largest absolute Gasteiger partial charge is 0.410 e. The van der Waals surface area contributed by atoms with Crippen LogP contribution in [0.15, 0.2) is 6.20 Å². The highest BCUT2D eigenvalue weighted by atomic mass is 16.6. The summed E-state index contributed by atoms with van der Waals surface area (Å²) in [4.78, 5) is 11.4. The number of nitrogens with zero attached hydrogens (tertiary/aromatic N) is 4. The number of hydrogen-bond acceptors (Lipinski definition) is 5. The Bertz CT molecular complexity index is 364. The third kappa shape index (κ3) is 1.82. The standard InChI is InChI=1S/C8H13N5O2/c1-9-6-3-2-4-7(6)12-10-5-8(11-12)13(14)15/h5-7,9H,2-4H2,1H3. The van der Waals surface area contributed by atoms with E-state index in [9.17, 15) is 10.1 Å². The minimum Gasteiger partial charge on any atom is -0.358 e. The van der Waals surface area contributed by atoms with Crippen molar-refractivity contribution in [1.82, 2.24) is 20.3 Å². The number of rotatable bonds is 3. The summed E-state index contributed by atoms with van der Waals surface area (Å²) in [6.45, 7) is 0. The first kappa shape index (κ1) is 10.0. The zero-order valence-electron chi connectivity index (χ0n) is 8.46. The summed E-state index contributed by atoms with van der Waals surface area (Å²) >= 11 is 0. The fraction of sp³-hybridized carbons (Fsp3) is 0.750. The molecule has 2 unspecified atom stereocenters. The van der Waals surface area contributed by atoms with Crippen LogP contribution in [0.25, 0.3) is 0 Å². The summed E-state index contributed by atoms with van der Waals surface area (Å²) in [5.74, 6) is -0.184. The Labute approximate surface area is 86.6 Å². The van der Waals surface area contributed by atoms with E-state index in [1.807, 2.05) is 7.05 Å². The normalized spacial score (nSPS) is 25.7. The molecule has 0 saturated heterocycles. The maximum Gasteiger partial charge on any atom is 0.410 e. The van der Waals surface area contributed by atoms with E-state index in [1.54, 1.807) is 0 Å². The predicted molar refractivity (Wildman–Crippen MR) is 52.4 cm³/mol.